The minimum atomic E-state index is -0.321. The lowest BCUT2D eigenvalue weighted by Gasteiger charge is -2.48. The maximum absolute atomic E-state index is 15.1. The summed E-state index contributed by atoms with van der Waals surface area (Å²) in [5.41, 5.74) is 21.2. The average molecular weight is 971 g/mol. The Bertz CT molecular complexity index is 3060. The molecule has 2 aliphatic carbocycles. The molecule has 5 heteroatoms. The minimum Gasteiger partial charge on any atom is -0.457 e. The molecule has 0 spiro atoms. The van der Waals surface area contributed by atoms with Gasteiger partial charge in [-0.1, -0.05) is 191 Å². The summed E-state index contributed by atoms with van der Waals surface area (Å²) in [7, 11) is 0. The molecule has 0 unspecified atom stereocenters. The first-order valence-electron chi connectivity index (χ1n) is 27.7. The number of esters is 1. The first kappa shape index (κ1) is 51.0. The second-order valence-electron chi connectivity index (χ2n) is 28.0. The number of nitrogens with zero attached hydrogens (tertiary/aromatic N) is 2. The highest BCUT2D eigenvalue weighted by atomic mass is 16.5. The standard InChI is InChI=1S/C68H83BN2O2/c1-63(2,3)47-34-48(64(4,5)6)37-51(36-47)70-57-31-45(44-25-21-18-22-26-44)27-28-55(57)69-56-40-53-54(68(15,16)30-29-67(53,13)14)41-58(56)71(52-38-49(65(7,8)9)35-50(39-52)66(10,11)12)60-33-46(32-59(70)61(60)69)62(72)73-42-43-23-19-17-20-24-43/h17,19-20,23-24,27-28,31-41,44H,18,21-22,25-26,29-30,42H2,1-16H3. The summed E-state index contributed by atoms with van der Waals surface area (Å²) >= 11 is 0. The number of carbonyl (C=O) groups excluding carboxylic acids is 1. The van der Waals surface area contributed by atoms with Crippen LogP contribution in [0, 0.1) is 0 Å². The van der Waals surface area contributed by atoms with Crippen LogP contribution in [0.1, 0.15) is 217 Å². The van der Waals surface area contributed by atoms with Crippen LogP contribution in [0.5, 0.6) is 0 Å². The van der Waals surface area contributed by atoms with Crippen LogP contribution in [0.2, 0.25) is 0 Å². The molecule has 380 valence electrons. The van der Waals surface area contributed by atoms with Gasteiger partial charge in [0.1, 0.15) is 6.61 Å². The predicted molar refractivity (Wildman–Crippen MR) is 312 cm³/mol. The highest BCUT2D eigenvalue weighted by Gasteiger charge is 2.47. The number of hydrogen-bond donors (Lipinski definition) is 0. The lowest BCUT2D eigenvalue weighted by atomic mass is 9.33. The predicted octanol–water partition coefficient (Wildman–Crippen LogP) is 16.7. The van der Waals surface area contributed by atoms with E-state index in [0.717, 1.165) is 41.2 Å². The summed E-state index contributed by atoms with van der Waals surface area (Å²) in [6.45, 7) is 37.9. The van der Waals surface area contributed by atoms with E-state index in [4.69, 9.17) is 4.74 Å². The summed E-state index contributed by atoms with van der Waals surface area (Å²) in [6, 6.07) is 41.9. The quantitative estimate of drug-likeness (QED) is 0.123. The summed E-state index contributed by atoms with van der Waals surface area (Å²) < 4.78 is 6.37. The van der Waals surface area contributed by atoms with Gasteiger partial charge in [0.2, 0.25) is 0 Å². The van der Waals surface area contributed by atoms with Gasteiger partial charge in [0.25, 0.3) is 6.71 Å². The molecule has 0 atom stereocenters. The Balaban J connectivity index is 1.36. The van der Waals surface area contributed by atoms with Crippen LogP contribution in [0.15, 0.2) is 109 Å². The normalized spacial score (nSPS) is 17.4. The van der Waals surface area contributed by atoms with E-state index in [0.29, 0.717) is 11.5 Å². The van der Waals surface area contributed by atoms with Gasteiger partial charge in [-0.05, 0) is 174 Å². The van der Waals surface area contributed by atoms with Crippen molar-refractivity contribution in [2.45, 2.75) is 201 Å². The van der Waals surface area contributed by atoms with E-state index < -0.39 is 0 Å². The Morgan fingerprint density at radius 2 is 1.00 bits per heavy atom. The number of benzene rings is 6. The Labute approximate surface area is 440 Å². The molecule has 1 saturated carbocycles. The van der Waals surface area contributed by atoms with Crippen LogP contribution in [-0.2, 0) is 43.8 Å². The maximum Gasteiger partial charge on any atom is 0.338 e. The van der Waals surface area contributed by atoms with Crippen molar-refractivity contribution in [2.75, 3.05) is 9.80 Å². The van der Waals surface area contributed by atoms with Crippen molar-refractivity contribution >= 4 is 63.2 Å². The van der Waals surface area contributed by atoms with Crippen LogP contribution in [0.3, 0.4) is 0 Å². The van der Waals surface area contributed by atoms with Crippen LogP contribution in [-0.4, -0.2) is 12.7 Å². The van der Waals surface area contributed by atoms with Gasteiger partial charge in [-0.15, -0.1) is 0 Å². The van der Waals surface area contributed by atoms with E-state index in [1.165, 1.54) is 98.8 Å². The zero-order valence-corrected chi connectivity index (χ0v) is 47.4. The van der Waals surface area contributed by atoms with E-state index in [2.05, 4.69) is 199 Å². The van der Waals surface area contributed by atoms with Gasteiger partial charge < -0.3 is 14.5 Å². The van der Waals surface area contributed by atoms with Crippen molar-refractivity contribution in [3.8, 4) is 0 Å². The summed E-state index contributed by atoms with van der Waals surface area (Å²) in [5, 5.41) is 0. The molecule has 4 aliphatic rings. The molecule has 0 amide bonds. The SMILES string of the molecule is CC(C)(C)c1cc(N2c3cc(C4CCCCC4)ccc3B3c4cc5c(cc4N(c4cc(C(C)(C)C)cc(C(C)(C)C)c4)c4cc(C(=O)OCc6ccccc6)cc2c43)C(C)(C)CCC5(C)C)cc(C(C)(C)C)c1. The van der Waals surface area contributed by atoms with Gasteiger partial charge in [0, 0.05) is 34.1 Å². The van der Waals surface area contributed by atoms with E-state index in [1.807, 2.05) is 30.3 Å². The van der Waals surface area contributed by atoms with Crippen molar-refractivity contribution in [1.29, 1.82) is 0 Å². The van der Waals surface area contributed by atoms with Crippen molar-refractivity contribution in [3.63, 3.8) is 0 Å². The van der Waals surface area contributed by atoms with Gasteiger partial charge in [0.15, 0.2) is 0 Å². The Morgan fingerprint density at radius 1 is 0.534 bits per heavy atom. The Hall–Kier alpha value is -5.55. The first-order valence-corrected chi connectivity index (χ1v) is 27.7. The molecule has 0 bridgehead atoms. The van der Waals surface area contributed by atoms with Crippen molar-refractivity contribution < 1.29 is 9.53 Å². The molecular weight excluding hydrogens is 888 g/mol. The largest absolute Gasteiger partial charge is 0.457 e. The lowest BCUT2D eigenvalue weighted by molar-refractivity contribution is 0.0472. The number of rotatable bonds is 6. The van der Waals surface area contributed by atoms with E-state index >= 15 is 4.79 Å². The molecule has 0 saturated heterocycles. The van der Waals surface area contributed by atoms with Gasteiger partial charge in [-0.25, -0.2) is 4.79 Å². The summed E-state index contributed by atoms with van der Waals surface area (Å²) in [6.07, 6.45) is 8.53. The van der Waals surface area contributed by atoms with Crippen LogP contribution < -0.4 is 26.2 Å². The van der Waals surface area contributed by atoms with Crippen molar-refractivity contribution in [3.05, 3.63) is 159 Å². The van der Waals surface area contributed by atoms with E-state index in [9.17, 15) is 0 Å². The molecule has 4 nitrogen and oxygen atoms in total. The minimum absolute atomic E-state index is 0.00311. The number of fused-ring (bicyclic) bond motifs is 5. The highest BCUT2D eigenvalue weighted by molar-refractivity contribution is 7.00. The van der Waals surface area contributed by atoms with Gasteiger partial charge >= 0.3 is 5.97 Å². The third-order valence-corrected chi connectivity index (χ3v) is 17.4. The molecule has 10 rings (SSSR count). The first-order chi connectivity index (χ1) is 34.1. The van der Waals surface area contributed by atoms with Crippen molar-refractivity contribution in [1.82, 2.24) is 0 Å². The number of carbonyl (C=O) groups is 1. The number of hydrogen-bond acceptors (Lipinski definition) is 4. The van der Waals surface area contributed by atoms with Crippen LogP contribution in [0.25, 0.3) is 0 Å². The van der Waals surface area contributed by atoms with E-state index in [1.54, 1.807) is 0 Å². The van der Waals surface area contributed by atoms with Gasteiger partial charge in [-0.2, -0.15) is 0 Å². The Kier molecular flexibility index (Phi) is 12.4. The molecule has 1 fully saturated rings. The lowest BCUT2D eigenvalue weighted by Crippen LogP contribution is -2.62. The fourth-order valence-corrected chi connectivity index (χ4v) is 12.5. The molecule has 2 aliphatic heterocycles. The van der Waals surface area contributed by atoms with E-state index in [-0.39, 0.29) is 51.8 Å². The summed E-state index contributed by atoms with van der Waals surface area (Å²) in [4.78, 5) is 20.3. The molecule has 6 aromatic rings. The third-order valence-electron chi connectivity index (χ3n) is 17.4. The second kappa shape index (κ2) is 17.8. The second-order valence-corrected chi connectivity index (χ2v) is 28.0. The zero-order chi connectivity index (χ0) is 52.4. The fraction of sp³-hybridized carbons (Fsp3) is 0.456. The average Bonchev–Trinajstić information content (AvgIpc) is 3.33. The smallest absolute Gasteiger partial charge is 0.338 e. The molecular formula is C68H83BN2O2. The molecule has 0 radical (unpaired) electrons. The van der Waals surface area contributed by atoms with Crippen LogP contribution >= 0.6 is 0 Å². The molecule has 2 heterocycles. The molecule has 6 aromatic carbocycles. The third kappa shape index (κ3) is 9.39. The van der Waals surface area contributed by atoms with Crippen molar-refractivity contribution in [2.24, 2.45) is 0 Å². The number of ether oxygens (including phenoxy) is 1. The number of anilines is 6. The van der Waals surface area contributed by atoms with Gasteiger partial charge in [-0.3, -0.25) is 0 Å². The van der Waals surface area contributed by atoms with Gasteiger partial charge in [0.05, 0.1) is 5.56 Å². The zero-order valence-electron chi connectivity index (χ0n) is 47.4. The topological polar surface area (TPSA) is 32.8 Å². The molecule has 0 aromatic heterocycles. The Morgan fingerprint density at radius 3 is 1.48 bits per heavy atom. The maximum atomic E-state index is 15.1. The highest BCUT2D eigenvalue weighted by Crippen LogP contribution is 2.52. The fourth-order valence-electron chi connectivity index (χ4n) is 12.5. The molecule has 0 N–H and O–H groups in total. The molecule has 73 heavy (non-hydrogen) atoms. The monoisotopic (exact) mass is 971 g/mol. The summed E-state index contributed by atoms with van der Waals surface area (Å²) in [5.74, 6) is 0.192. The van der Waals surface area contributed by atoms with Crippen LogP contribution in [0.4, 0.5) is 34.1 Å².